The number of aromatic hydroxyl groups is 2. The van der Waals surface area contributed by atoms with Crippen LogP contribution < -0.4 is 0 Å². The first kappa shape index (κ1) is 16.1. The SMILES string of the molecule is Oc1ccc(C(c2[c-]cccc2)c2ccc(O)cc2)cc1.[Co]. The van der Waals surface area contributed by atoms with Gasteiger partial charge in [-0.05, 0) is 35.4 Å². The van der Waals surface area contributed by atoms with Gasteiger partial charge in [-0.25, -0.2) is 0 Å². The van der Waals surface area contributed by atoms with Crippen molar-refractivity contribution in [2.45, 2.75) is 5.92 Å². The Bertz CT molecular complexity index is 661. The fraction of sp³-hybridized carbons (Fsp3) is 0.0526. The second-order valence-electron chi connectivity index (χ2n) is 4.93. The predicted octanol–water partition coefficient (Wildman–Crippen LogP) is 4.08. The maximum atomic E-state index is 9.48. The van der Waals surface area contributed by atoms with E-state index in [2.05, 4.69) is 6.07 Å². The van der Waals surface area contributed by atoms with Crippen molar-refractivity contribution >= 4 is 0 Å². The van der Waals surface area contributed by atoms with Gasteiger partial charge < -0.3 is 10.2 Å². The molecule has 0 aliphatic carbocycles. The number of hydrogen-bond donors (Lipinski definition) is 2. The first-order valence-electron chi connectivity index (χ1n) is 6.78. The Labute approximate surface area is 140 Å². The number of phenolic OH excluding ortho intramolecular Hbond substituents is 2. The molecule has 22 heavy (non-hydrogen) atoms. The minimum Gasteiger partial charge on any atom is -0.508 e. The molecule has 0 atom stereocenters. The van der Waals surface area contributed by atoms with Crippen LogP contribution in [0.2, 0.25) is 0 Å². The van der Waals surface area contributed by atoms with E-state index < -0.39 is 0 Å². The summed E-state index contributed by atoms with van der Waals surface area (Å²) in [6, 6.07) is 25.5. The molecule has 2 N–H and O–H groups in total. The molecule has 113 valence electrons. The molecule has 3 rings (SSSR count). The molecule has 0 saturated carbocycles. The molecule has 3 heteroatoms. The van der Waals surface area contributed by atoms with Crippen molar-refractivity contribution in [1.29, 1.82) is 0 Å². The van der Waals surface area contributed by atoms with Gasteiger partial charge >= 0.3 is 0 Å². The summed E-state index contributed by atoms with van der Waals surface area (Å²) >= 11 is 0. The molecule has 3 aromatic carbocycles. The molecule has 0 bridgehead atoms. The molecule has 0 aliphatic heterocycles. The quantitative estimate of drug-likeness (QED) is 0.560. The molecule has 2 nitrogen and oxygen atoms in total. The first-order valence-corrected chi connectivity index (χ1v) is 6.78. The average molecular weight is 334 g/mol. The molecule has 0 aliphatic rings. The molecule has 3 aromatic rings. The largest absolute Gasteiger partial charge is 0.508 e. The Morgan fingerprint density at radius 2 is 1.18 bits per heavy atom. The van der Waals surface area contributed by atoms with Crippen LogP contribution in [0, 0.1) is 6.07 Å². The van der Waals surface area contributed by atoms with Gasteiger partial charge in [0.1, 0.15) is 11.5 Å². The minimum absolute atomic E-state index is 0. The summed E-state index contributed by atoms with van der Waals surface area (Å²) in [6.45, 7) is 0. The van der Waals surface area contributed by atoms with Crippen LogP contribution in [-0.2, 0) is 16.8 Å². The third-order valence-electron chi connectivity index (χ3n) is 3.50. The Balaban J connectivity index is 0.00000176. The summed E-state index contributed by atoms with van der Waals surface area (Å²) in [5, 5.41) is 19.0. The second-order valence-corrected chi connectivity index (χ2v) is 4.93. The standard InChI is InChI=1S/C19H15O2.Co/c20-17-10-6-15(7-11-17)19(14-4-2-1-3-5-14)16-8-12-18(21)13-9-16;/h1-4,6-13,19-21H;/q-1;. The molecule has 0 heterocycles. The van der Waals surface area contributed by atoms with Gasteiger partial charge in [-0.1, -0.05) is 24.3 Å². The van der Waals surface area contributed by atoms with Crippen LogP contribution in [0.25, 0.3) is 0 Å². The normalized spacial score (nSPS) is 10.2. The zero-order valence-electron chi connectivity index (χ0n) is 11.7. The molecule has 0 fully saturated rings. The molecule has 0 amide bonds. The van der Waals surface area contributed by atoms with E-state index in [4.69, 9.17) is 0 Å². The van der Waals surface area contributed by atoms with E-state index in [1.165, 1.54) is 0 Å². The maximum Gasteiger partial charge on any atom is 0.115 e. The predicted molar refractivity (Wildman–Crippen MR) is 82.4 cm³/mol. The van der Waals surface area contributed by atoms with Crippen LogP contribution in [0.1, 0.15) is 22.6 Å². The third-order valence-corrected chi connectivity index (χ3v) is 3.50. The van der Waals surface area contributed by atoms with Crippen molar-refractivity contribution in [3.8, 4) is 11.5 Å². The van der Waals surface area contributed by atoms with Crippen molar-refractivity contribution in [2.75, 3.05) is 0 Å². The van der Waals surface area contributed by atoms with Crippen molar-refractivity contribution in [1.82, 2.24) is 0 Å². The summed E-state index contributed by atoms with van der Waals surface area (Å²) < 4.78 is 0. The van der Waals surface area contributed by atoms with Gasteiger partial charge in [0.05, 0.1) is 0 Å². The van der Waals surface area contributed by atoms with E-state index in [-0.39, 0.29) is 34.2 Å². The number of phenols is 2. The Morgan fingerprint density at radius 3 is 1.59 bits per heavy atom. The monoisotopic (exact) mass is 334 g/mol. The number of hydrogen-bond acceptors (Lipinski definition) is 2. The van der Waals surface area contributed by atoms with Crippen LogP contribution in [0.3, 0.4) is 0 Å². The zero-order chi connectivity index (χ0) is 14.7. The van der Waals surface area contributed by atoms with Crippen LogP contribution in [0.5, 0.6) is 11.5 Å². The molecule has 0 saturated heterocycles. The molecule has 0 spiro atoms. The van der Waals surface area contributed by atoms with E-state index in [0.717, 1.165) is 16.7 Å². The van der Waals surface area contributed by atoms with E-state index >= 15 is 0 Å². The van der Waals surface area contributed by atoms with Crippen molar-refractivity contribution in [3.05, 3.63) is 95.6 Å². The topological polar surface area (TPSA) is 40.5 Å². The third kappa shape index (κ3) is 3.50. The van der Waals surface area contributed by atoms with Gasteiger partial charge in [0.15, 0.2) is 0 Å². The van der Waals surface area contributed by atoms with Gasteiger partial charge in [0.2, 0.25) is 0 Å². The van der Waals surface area contributed by atoms with Crippen LogP contribution in [-0.4, -0.2) is 10.2 Å². The van der Waals surface area contributed by atoms with E-state index in [1.54, 1.807) is 24.3 Å². The summed E-state index contributed by atoms with van der Waals surface area (Å²) in [7, 11) is 0. The second kappa shape index (κ2) is 7.16. The van der Waals surface area contributed by atoms with Gasteiger partial charge in [-0.2, -0.15) is 35.9 Å². The molecular weight excluding hydrogens is 319 g/mol. The smallest absolute Gasteiger partial charge is 0.115 e. The fourth-order valence-electron chi connectivity index (χ4n) is 2.47. The minimum atomic E-state index is 0. The Kier molecular flexibility index (Phi) is 5.25. The van der Waals surface area contributed by atoms with Crippen LogP contribution in [0.4, 0.5) is 0 Å². The summed E-state index contributed by atoms with van der Waals surface area (Å²) in [5.74, 6) is 0.521. The van der Waals surface area contributed by atoms with Gasteiger partial charge in [-0.3, -0.25) is 0 Å². The van der Waals surface area contributed by atoms with Crippen molar-refractivity contribution in [2.24, 2.45) is 0 Å². The molecular formula is C19H15CoO2-. The van der Waals surface area contributed by atoms with Gasteiger partial charge in [-0.15, -0.1) is 0 Å². The van der Waals surface area contributed by atoms with Gasteiger partial charge in [0, 0.05) is 22.7 Å². The van der Waals surface area contributed by atoms with Gasteiger partial charge in [0.25, 0.3) is 0 Å². The van der Waals surface area contributed by atoms with E-state index in [0.29, 0.717) is 0 Å². The fourth-order valence-corrected chi connectivity index (χ4v) is 2.47. The maximum absolute atomic E-state index is 9.48. The summed E-state index contributed by atoms with van der Waals surface area (Å²) in [6.07, 6.45) is 0. The Morgan fingerprint density at radius 1 is 0.682 bits per heavy atom. The van der Waals surface area contributed by atoms with Crippen LogP contribution in [0.15, 0.2) is 72.8 Å². The van der Waals surface area contributed by atoms with E-state index in [1.807, 2.05) is 48.5 Å². The molecule has 1 radical (unpaired) electrons. The zero-order valence-corrected chi connectivity index (χ0v) is 12.8. The summed E-state index contributed by atoms with van der Waals surface area (Å²) in [5.41, 5.74) is 3.19. The number of benzene rings is 3. The number of rotatable bonds is 3. The first-order chi connectivity index (χ1) is 10.2. The van der Waals surface area contributed by atoms with E-state index in [9.17, 15) is 10.2 Å². The van der Waals surface area contributed by atoms with Crippen LogP contribution >= 0.6 is 0 Å². The average Bonchev–Trinajstić information content (AvgIpc) is 2.52. The molecule has 0 aromatic heterocycles. The Hall–Kier alpha value is -2.23. The molecule has 0 unspecified atom stereocenters. The summed E-state index contributed by atoms with van der Waals surface area (Å²) in [4.78, 5) is 0. The van der Waals surface area contributed by atoms with Crippen molar-refractivity contribution in [3.63, 3.8) is 0 Å². The van der Waals surface area contributed by atoms with Crippen molar-refractivity contribution < 1.29 is 27.0 Å².